The summed E-state index contributed by atoms with van der Waals surface area (Å²) in [6.07, 6.45) is 19.8. The summed E-state index contributed by atoms with van der Waals surface area (Å²) < 4.78 is 78.4. The van der Waals surface area contributed by atoms with Crippen LogP contribution in [0.25, 0.3) is 0 Å². The predicted molar refractivity (Wildman–Crippen MR) is 398 cm³/mol. The third-order valence-electron chi connectivity index (χ3n) is 18.6. The van der Waals surface area contributed by atoms with E-state index in [1.54, 1.807) is 0 Å². The molecule has 2 aliphatic rings. The van der Waals surface area contributed by atoms with Gasteiger partial charge in [0.2, 0.25) is 35.4 Å². The summed E-state index contributed by atoms with van der Waals surface area (Å²) in [5.41, 5.74) is 0. The minimum atomic E-state index is -5.76. The first-order valence-corrected chi connectivity index (χ1v) is 42.8. The normalized spacial score (nSPS) is 20.4. The fraction of sp³-hybridized carbons (Fsp3) is 0.889. The molecule has 612 valence electrons. The van der Waals surface area contributed by atoms with Crippen LogP contribution in [0, 0.1) is 0 Å². The third-order valence-corrected chi connectivity index (χ3v) is 19.8. The Hall–Kier alpha value is -3.83. The van der Waals surface area contributed by atoms with Gasteiger partial charge in [-0.1, -0.05) is 233 Å². The second-order valence-electron chi connectivity index (χ2n) is 27.9. The topological polar surface area (TPSA) is 410 Å². The number of nitrogens with zero attached hydrogens (tertiary/aromatic N) is 2. The minimum Gasteiger partial charge on any atom is -0.456 e. The first kappa shape index (κ1) is 97.2. The average Bonchev–Trinajstić information content (AvgIpc) is 0.780. The Bertz CT molecular complexity index is 2510. The van der Waals surface area contributed by atoms with E-state index in [9.17, 15) is 72.2 Å². The zero-order valence-corrected chi connectivity index (χ0v) is 67.0. The number of rotatable bonds is 64. The molecule has 33 heteroatoms. The van der Waals surface area contributed by atoms with Crippen molar-refractivity contribution in [1.29, 1.82) is 0 Å². The number of hydrogen-bond donors (Lipinski definition) is 9. The van der Waals surface area contributed by atoms with Crippen LogP contribution in [0.2, 0.25) is 0 Å². The molecule has 2 fully saturated rings. The Morgan fingerprint density at radius 1 is 0.410 bits per heavy atom. The van der Waals surface area contributed by atoms with Crippen molar-refractivity contribution in [3.05, 3.63) is 0 Å². The van der Waals surface area contributed by atoms with E-state index in [1.165, 1.54) is 51.1 Å². The SMILES string of the molecule is CCCCCCCCCCCC(=O)NCC(=O)O[C@@H]1[C@H](NC(=O)CN(C)C(=O)CCCCCCCCCCC)[C@H](OC[C@H]2O[C@H](OCCOP)[C@@H](NC(=O)CN(C)C(=O)CCCCCCCCCCC)[C@@H](OC(=O)CNC(=O)CCCCCCCCCCC)[C@@H]2OP(=O)(O)O)O[C@H](CO)[C@H]1OP(=O)(O)O. The highest BCUT2D eigenvalue weighted by Gasteiger charge is 2.55. The highest BCUT2D eigenvalue weighted by Crippen LogP contribution is 2.44. The largest absolute Gasteiger partial charge is 0.470 e. The number of esters is 2. The summed E-state index contributed by atoms with van der Waals surface area (Å²) in [5.74, 6) is -6.09. The molecule has 9 N–H and O–H groups in total. The van der Waals surface area contributed by atoms with E-state index in [1.807, 2.05) is 9.47 Å². The van der Waals surface area contributed by atoms with Gasteiger partial charge in [0.25, 0.3) is 0 Å². The number of phosphoric ester groups is 2. The van der Waals surface area contributed by atoms with E-state index in [2.05, 4.69) is 49.0 Å². The summed E-state index contributed by atoms with van der Waals surface area (Å²) in [4.78, 5) is 154. The van der Waals surface area contributed by atoms with Crippen LogP contribution in [0.1, 0.15) is 285 Å². The van der Waals surface area contributed by atoms with Crippen molar-refractivity contribution in [1.82, 2.24) is 31.1 Å². The van der Waals surface area contributed by atoms with Crippen molar-refractivity contribution < 1.29 is 114 Å². The summed E-state index contributed by atoms with van der Waals surface area (Å²) in [6, 6.07) is -3.70. The third kappa shape index (κ3) is 46.4. The first-order chi connectivity index (χ1) is 50.3. The molecule has 0 radical (unpaired) electrons. The van der Waals surface area contributed by atoms with Gasteiger partial charge >= 0.3 is 27.6 Å². The second-order valence-corrected chi connectivity index (χ2v) is 30.6. The molecular weight excluding hydrogens is 1430 g/mol. The number of nitrogens with one attached hydrogen (secondary N) is 4. The van der Waals surface area contributed by atoms with Crippen LogP contribution in [0.3, 0.4) is 0 Å². The van der Waals surface area contributed by atoms with Crippen molar-refractivity contribution in [2.24, 2.45) is 0 Å². The molecule has 0 bridgehead atoms. The van der Waals surface area contributed by atoms with Crippen molar-refractivity contribution in [3.8, 4) is 0 Å². The van der Waals surface area contributed by atoms with Gasteiger partial charge in [-0.15, -0.1) is 0 Å². The molecule has 0 aromatic rings. The quantitative estimate of drug-likeness (QED) is 0.0155. The molecule has 0 aliphatic carbocycles. The summed E-state index contributed by atoms with van der Waals surface area (Å²) in [7, 11) is -6.61. The molecule has 0 saturated carbocycles. The van der Waals surface area contributed by atoms with Crippen LogP contribution in [0.4, 0.5) is 0 Å². The lowest BCUT2D eigenvalue weighted by molar-refractivity contribution is -0.303. The Kier molecular flexibility index (Phi) is 54.7. The van der Waals surface area contributed by atoms with Crippen LogP contribution >= 0.6 is 25.1 Å². The first-order valence-electron chi connectivity index (χ1n) is 39.2. The van der Waals surface area contributed by atoms with Gasteiger partial charge in [-0.2, -0.15) is 0 Å². The minimum absolute atomic E-state index is 0.0468. The lowest BCUT2D eigenvalue weighted by Crippen LogP contribution is -2.68. The van der Waals surface area contributed by atoms with E-state index < -0.39 is 158 Å². The fourth-order valence-corrected chi connectivity index (χ4v) is 13.9. The Balaban J connectivity index is 2.70. The molecule has 2 aliphatic heterocycles. The number of aliphatic hydroxyl groups excluding tert-OH is 1. The lowest BCUT2D eigenvalue weighted by Gasteiger charge is -2.47. The number of likely N-dealkylation sites (N-methyl/N-ethyl adjacent to an activating group) is 2. The zero-order chi connectivity index (χ0) is 77.7. The Labute approximate surface area is 627 Å². The lowest BCUT2D eigenvalue weighted by atomic mass is 9.95. The van der Waals surface area contributed by atoms with E-state index in [0.29, 0.717) is 25.7 Å². The molecule has 105 heavy (non-hydrogen) atoms. The standard InChI is InChI=1S/C72H135N6O24P3/c1-7-11-15-19-23-27-31-35-39-43-57(80)73-49-63(86)99-69-66(76-60(83)52-78(6)62(85)46-42-38-34-30-26-22-18-14-10-4)72(97-55(53-79)67(69)101-104(88,89)90)95-54-56-68(102-105(91,92)93)70(100-64(87)50-74-58(81)44-40-36-32-28-24-20-16-12-8-2)65(71(98-56)94-47-48-96-103)75-59(82)51-77(5)61(84)45-41-37-33-29-25-21-17-13-9-3/h55-56,65-72,79H,7-54,103H2,1-6H3,(H,73,80)(H,74,81)(H,75,82)(H,76,83)(H2,88,89,90)(H2,91,92,93)/t55-,56-,65+,66+,67-,68-,69-,70-,71+,72-/m1/s1. The average molecular weight is 1560 g/mol. The van der Waals surface area contributed by atoms with Crippen molar-refractivity contribution >= 4 is 72.5 Å². The Morgan fingerprint density at radius 3 is 1.04 bits per heavy atom. The monoisotopic (exact) mass is 1560 g/mol. The Morgan fingerprint density at radius 2 is 0.714 bits per heavy atom. The molecule has 0 aromatic carbocycles. The molecule has 30 nitrogen and oxygen atoms in total. The number of amides is 6. The highest BCUT2D eigenvalue weighted by molar-refractivity contribution is 7.46. The van der Waals surface area contributed by atoms with Crippen LogP contribution in [0.15, 0.2) is 0 Å². The molecule has 0 aromatic heterocycles. The van der Waals surface area contributed by atoms with E-state index in [-0.39, 0.29) is 44.8 Å². The molecule has 6 amide bonds. The van der Waals surface area contributed by atoms with Crippen molar-refractivity contribution in [2.75, 3.05) is 66.7 Å². The summed E-state index contributed by atoms with van der Waals surface area (Å²) in [5, 5.41) is 21.1. The molecule has 2 saturated heterocycles. The smallest absolute Gasteiger partial charge is 0.456 e. The maximum absolute atomic E-state index is 14.4. The van der Waals surface area contributed by atoms with E-state index in [4.69, 9.17) is 42.0 Å². The van der Waals surface area contributed by atoms with Crippen LogP contribution in [-0.2, 0) is 89.5 Å². The maximum Gasteiger partial charge on any atom is 0.470 e. The van der Waals surface area contributed by atoms with Gasteiger partial charge < -0.3 is 88.7 Å². The van der Waals surface area contributed by atoms with Crippen LogP contribution in [-0.4, -0.2) is 210 Å². The van der Waals surface area contributed by atoms with Gasteiger partial charge in [-0.25, -0.2) is 9.13 Å². The number of hydrogen-bond acceptors (Lipinski definition) is 20. The fourth-order valence-electron chi connectivity index (χ4n) is 12.7. The number of phosphoric acid groups is 2. The maximum atomic E-state index is 14.4. The van der Waals surface area contributed by atoms with Gasteiger partial charge in [-0.05, 0) is 25.7 Å². The molecular formula is C72H135N6O24P3. The van der Waals surface area contributed by atoms with Gasteiger partial charge in [-0.3, -0.25) is 47.4 Å². The van der Waals surface area contributed by atoms with Gasteiger partial charge in [0, 0.05) is 49.2 Å². The number of aliphatic hydroxyl groups is 1. The highest BCUT2D eigenvalue weighted by atomic mass is 31.2. The van der Waals surface area contributed by atoms with Crippen LogP contribution < -0.4 is 21.3 Å². The number of carbonyl (C=O) groups excluding carboxylic acids is 8. The predicted octanol–water partition coefficient (Wildman–Crippen LogP) is 9.85. The van der Waals surface area contributed by atoms with Crippen molar-refractivity contribution in [2.45, 2.75) is 346 Å². The van der Waals surface area contributed by atoms with E-state index >= 15 is 0 Å². The summed E-state index contributed by atoms with van der Waals surface area (Å²) in [6.45, 7) is 3.12. The molecule has 2 rings (SSSR count). The number of carbonyl (C=O) groups is 8. The van der Waals surface area contributed by atoms with Gasteiger partial charge in [0.15, 0.2) is 24.8 Å². The number of ether oxygens (including phenoxy) is 6. The second kappa shape index (κ2) is 59.0. The summed E-state index contributed by atoms with van der Waals surface area (Å²) >= 11 is 0. The molecule has 0 spiro atoms. The van der Waals surface area contributed by atoms with Crippen LogP contribution in [0.5, 0.6) is 0 Å². The molecule has 1 unspecified atom stereocenters. The van der Waals surface area contributed by atoms with E-state index in [0.717, 1.165) is 178 Å². The van der Waals surface area contributed by atoms with Gasteiger partial charge in [0.05, 0.1) is 39.5 Å². The zero-order valence-electron chi connectivity index (χ0n) is 64.1. The number of unbranched alkanes of at least 4 members (excludes halogenated alkanes) is 32. The van der Waals surface area contributed by atoms with Crippen molar-refractivity contribution in [3.63, 3.8) is 0 Å². The molecule has 11 atom stereocenters. The molecule has 2 heterocycles. The van der Waals surface area contributed by atoms with Gasteiger partial charge in [0.1, 0.15) is 49.6 Å².